The van der Waals surface area contributed by atoms with E-state index in [0.717, 1.165) is 0 Å². The van der Waals surface area contributed by atoms with Crippen LogP contribution >= 0.6 is 0 Å². The lowest BCUT2D eigenvalue weighted by molar-refractivity contribution is -0.384. The Labute approximate surface area is 134 Å². The highest BCUT2D eigenvalue weighted by molar-refractivity contribution is 5.79. The summed E-state index contributed by atoms with van der Waals surface area (Å²) in [6.45, 7) is 3.74. The molecule has 0 unspecified atom stereocenters. The number of carbonyl (C=O) groups is 1. The van der Waals surface area contributed by atoms with Crippen molar-refractivity contribution in [3.63, 3.8) is 0 Å². The van der Waals surface area contributed by atoms with Gasteiger partial charge >= 0.3 is 5.69 Å². The van der Waals surface area contributed by atoms with Crippen molar-refractivity contribution < 1.29 is 14.5 Å². The lowest BCUT2D eigenvalue weighted by Crippen LogP contribution is -2.47. The number of rotatable bonds is 3. The summed E-state index contributed by atoms with van der Waals surface area (Å²) >= 11 is 0. The molecule has 2 fully saturated rings. The maximum atomic E-state index is 12.5. The first-order chi connectivity index (χ1) is 11.2. The van der Waals surface area contributed by atoms with Gasteiger partial charge in [-0.1, -0.05) is 0 Å². The molecule has 8 heteroatoms. The van der Waals surface area contributed by atoms with Crippen molar-refractivity contribution in [3.8, 4) is 0 Å². The van der Waals surface area contributed by atoms with E-state index < -0.39 is 4.92 Å². The fraction of sp³-hybridized carbons (Fsp3) is 0.600. The van der Waals surface area contributed by atoms with E-state index in [1.807, 2.05) is 9.80 Å². The molecule has 0 N–H and O–H groups in total. The number of morpholine rings is 1. The lowest BCUT2D eigenvalue weighted by Gasteiger charge is -2.35. The standard InChI is InChI=1S/C15H20N4O4/c20-15(18-8-10-23-11-9-18)12-3-6-17(7-4-12)14-13(19(21)22)2-1-5-16-14/h1-2,5,12H,3-4,6-11H2. The van der Waals surface area contributed by atoms with Crippen LogP contribution < -0.4 is 4.90 Å². The summed E-state index contributed by atoms with van der Waals surface area (Å²) in [6, 6.07) is 3.03. The second-order valence-electron chi connectivity index (χ2n) is 5.80. The predicted octanol–water partition coefficient (Wildman–Crippen LogP) is 1.06. The highest BCUT2D eigenvalue weighted by Crippen LogP contribution is 2.29. The Hall–Kier alpha value is -2.22. The minimum atomic E-state index is -0.409. The molecule has 1 aromatic rings. The quantitative estimate of drug-likeness (QED) is 0.611. The minimum Gasteiger partial charge on any atom is -0.378 e. The maximum Gasteiger partial charge on any atom is 0.311 e. The molecule has 0 aromatic carbocycles. The van der Waals surface area contributed by atoms with Crippen LogP contribution in [0.25, 0.3) is 0 Å². The number of carbonyl (C=O) groups excluding carboxylic acids is 1. The molecule has 1 amide bonds. The summed E-state index contributed by atoms with van der Waals surface area (Å²) in [5.41, 5.74) is 0.0189. The number of aromatic nitrogens is 1. The molecule has 0 spiro atoms. The third-order valence-corrected chi connectivity index (χ3v) is 4.43. The van der Waals surface area contributed by atoms with E-state index in [2.05, 4.69) is 4.98 Å². The molecule has 8 nitrogen and oxygen atoms in total. The van der Waals surface area contributed by atoms with Crippen molar-refractivity contribution in [2.24, 2.45) is 5.92 Å². The molecule has 0 radical (unpaired) electrons. The Morgan fingerprint density at radius 1 is 1.26 bits per heavy atom. The molecule has 124 valence electrons. The number of amides is 1. The van der Waals surface area contributed by atoms with Gasteiger partial charge in [-0.25, -0.2) is 4.98 Å². The summed E-state index contributed by atoms with van der Waals surface area (Å²) in [5.74, 6) is 0.574. The average molecular weight is 320 g/mol. The molecule has 2 aliphatic heterocycles. The molecular formula is C15H20N4O4. The Morgan fingerprint density at radius 2 is 1.96 bits per heavy atom. The van der Waals surface area contributed by atoms with Gasteiger partial charge in [0.2, 0.25) is 11.7 Å². The van der Waals surface area contributed by atoms with Crippen LogP contribution in [0.3, 0.4) is 0 Å². The van der Waals surface area contributed by atoms with Crippen molar-refractivity contribution in [3.05, 3.63) is 28.4 Å². The molecule has 1 aromatic heterocycles. The zero-order valence-electron chi connectivity index (χ0n) is 12.9. The smallest absolute Gasteiger partial charge is 0.311 e. The summed E-state index contributed by atoms with van der Waals surface area (Å²) in [7, 11) is 0. The SMILES string of the molecule is O=C(C1CCN(c2ncccc2[N+](=O)[O-])CC1)N1CCOCC1. The number of nitro groups is 1. The van der Waals surface area contributed by atoms with E-state index in [4.69, 9.17) is 4.74 Å². The van der Waals surface area contributed by atoms with Crippen LogP contribution in [0.2, 0.25) is 0 Å². The molecule has 0 aliphatic carbocycles. The van der Waals surface area contributed by atoms with E-state index in [1.165, 1.54) is 6.07 Å². The van der Waals surface area contributed by atoms with E-state index in [-0.39, 0.29) is 17.5 Å². The van der Waals surface area contributed by atoms with Crippen LogP contribution in [0.5, 0.6) is 0 Å². The van der Waals surface area contributed by atoms with Gasteiger partial charge in [0.25, 0.3) is 0 Å². The van der Waals surface area contributed by atoms with Crippen molar-refractivity contribution >= 4 is 17.4 Å². The normalized spacial score (nSPS) is 19.7. The van der Waals surface area contributed by atoms with E-state index >= 15 is 0 Å². The largest absolute Gasteiger partial charge is 0.378 e. The van der Waals surface area contributed by atoms with Gasteiger partial charge in [-0.2, -0.15) is 0 Å². The number of ether oxygens (including phenoxy) is 1. The van der Waals surface area contributed by atoms with Gasteiger partial charge in [0.15, 0.2) is 0 Å². The topological polar surface area (TPSA) is 88.8 Å². The number of anilines is 1. The number of hydrogen-bond acceptors (Lipinski definition) is 6. The van der Waals surface area contributed by atoms with Gasteiger partial charge in [-0.15, -0.1) is 0 Å². The van der Waals surface area contributed by atoms with Gasteiger partial charge < -0.3 is 14.5 Å². The predicted molar refractivity (Wildman–Crippen MR) is 83.2 cm³/mol. The Kier molecular flexibility index (Phi) is 4.71. The summed E-state index contributed by atoms with van der Waals surface area (Å²) < 4.78 is 5.27. The van der Waals surface area contributed by atoms with E-state index in [0.29, 0.717) is 58.1 Å². The molecule has 23 heavy (non-hydrogen) atoms. The number of nitrogens with zero attached hydrogens (tertiary/aromatic N) is 4. The lowest BCUT2D eigenvalue weighted by atomic mass is 9.95. The van der Waals surface area contributed by atoms with Gasteiger partial charge in [-0.05, 0) is 18.9 Å². The molecule has 0 bridgehead atoms. The van der Waals surface area contributed by atoms with Crippen molar-refractivity contribution in [2.45, 2.75) is 12.8 Å². The highest BCUT2D eigenvalue weighted by atomic mass is 16.6. The first-order valence-electron chi connectivity index (χ1n) is 7.87. The Balaban J connectivity index is 1.62. The molecule has 2 aliphatic rings. The van der Waals surface area contributed by atoms with Crippen LogP contribution in [0.15, 0.2) is 18.3 Å². The minimum absolute atomic E-state index is 0.00730. The van der Waals surface area contributed by atoms with E-state index in [9.17, 15) is 14.9 Å². The number of hydrogen-bond donors (Lipinski definition) is 0. The summed E-state index contributed by atoms with van der Waals surface area (Å²) in [6.07, 6.45) is 2.96. The first kappa shape index (κ1) is 15.7. The molecule has 2 saturated heterocycles. The molecule has 3 heterocycles. The zero-order chi connectivity index (χ0) is 16.2. The molecule has 0 saturated carbocycles. The van der Waals surface area contributed by atoms with Crippen molar-refractivity contribution in [2.75, 3.05) is 44.3 Å². The monoisotopic (exact) mass is 320 g/mol. The van der Waals surface area contributed by atoms with Crippen LogP contribution in [0, 0.1) is 16.0 Å². The van der Waals surface area contributed by atoms with Gasteiger partial charge in [-0.3, -0.25) is 14.9 Å². The molecule has 3 rings (SSSR count). The fourth-order valence-electron chi connectivity index (χ4n) is 3.15. The molecular weight excluding hydrogens is 300 g/mol. The second kappa shape index (κ2) is 6.91. The van der Waals surface area contributed by atoms with Crippen LogP contribution in [-0.4, -0.2) is 60.1 Å². The van der Waals surface area contributed by atoms with Crippen molar-refractivity contribution in [1.29, 1.82) is 0 Å². The first-order valence-corrected chi connectivity index (χ1v) is 7.87. The van der Waals surface area contributed by atoms with E-state index in [1.54, 1.807) is 12.3 Å². The Bertz CT molecular complexity index is 581. The summed E-state index contributed by atoms with van der Waals surface area (Å²) in [5, 5.41) is 11.1. The third kappa shape index (κ3) is 3.42. The number of piperidine rings is 1. The van der Waals surface area contributed by atoms with Gasteiger partial charge in [0, 0.05) is 44.4 Å². The Morgan fingerprint density at radius 3 is 2.61 bits per heavy atom. The zero-order valence-corrected chi connectivity index (χ0v) is 12.9. The molecule has 0 atom stereocenters. The fourth-order valence-corrected chi connectivity index (χ4v) is 3.15. The van der Waals surface area contributed by atoms with Crippen LogP contribution in [0.1, 0.15) is 12.8 Å². The maximum absolute atomic E-state index is 12.5. The highest BCUT2D eigenvalue weighted by Gasteiger charge is 2.31. The van der Waals surface area contributed by atoms with Crippen molar-refractivity contribution in [1.82, 2.24) is 9.88 Å². The van der Waals surface area contributed by atoms with Gasteiger partial charge in [0.05, 0.1) is 18.1 Å². The third-order valence-electron chi connectivity index (χ3n) is 4.43. The van der Waals surface area contributed by atoms with Gasteiger partial charge in [0.1, 0.15) is 0 Å². The second-order valence-corrected chi connectivity index (χ2v) is 5.80. The average Bonchev–Trinajstić information content (AvgIpc) is 2.62. The summed E-state index contributed by atoms with van der Waals surface area (Å²) in [4.78, 5) is 31.1. The van der Waals surface area contributed by atoms with Crippen LogP contribution in [-0.2, 0) is 9.53 Å². The number of pyridine rings is 1. The van der Waals surface area contributed by atoms with Crippen LogP contribution in [0.4, 0.5) is 11.5 Å².